The Labute approximate surface area is 168 Å². The van der Waals surface area contributed by atoms with Crippen molar-refractivity contribution in [2.45, 2.75) is 37.8 Å². The smallest absolute Gasteiger partial charge is 0.170 e. The van der Waals surface area contributed by atoms with E-state index in [0.29, 0.717) is 28.6 Å². The molecule has 9 heteroatoms. The number of hydrazine groups is 1. The molecule has 0 bridgehead atoms. The topological polar surface area (TPSA) is 119 Å². The van der Waals surface area contributed by atoms with Crippen LogP contribution in [-0.2, 0) is 0 Å². The average Bonchev–Trinajstić information content (AvgIpc) is 3.12. The third kappa shape index (κ3) is 3.66. The van der Waals surface area contributed by atoms with Gasteiger partial charge in [-0.25, -0.2) is 20.8 Å². The molecule has 1 aliphatic carbocycles. The lowest BCUT2D eigenvalue weighted by molar-refractivity contribution is 0.300. The van der Waals surface area contributed by atoms with Crippen LogP contribution >= 0.6 is 0 Å². The van der Waals surface area contributed by atoms with Crippen molar-refractivity contribution in [1.82, 2.24) is 25.4 Å². The molecule has 3 aromatic rings. The molecule has 2 heterocycles. The molecule has 1 aliphatic rings. The van der Waals surface area contributed by atoms with Crippen molar-refractivity contribution in [1.29, 1.82) is 0 Å². The van der Waals surface area contributed by atoms with E-state index >= 15 is 0 Å². The van der Waals surface area contributed by atoms with Crippen molar-refractivity contribution in [2.75, 3.05) is 7.05 Å². The van der Waals surface area contributed by atoms with Gasteiger partial charge in [0.15, 0.2) is 5.84 Å². The van der Waals surface area contributed by atoms with Crippen molar-refractivity contribution >= 4 is 16.9 Å². The summed E-state index contributed by atoms with van der Waals surface area (Å²) in [5, 5.41) is 7.19. The molecule has 0 spiro atoms. The summed E-state index contributed by atoms with van der Waals surface area (Å²) in [5.41, 5.74) is 10.6. The molecule has 1 aromatic carbocycles. The maximum Gasteiger partial charge on any atom is 0.170 e. The van der Waals surface area contributed by atoms with Gasteiger partial charge in [0.1, 0.15) is 22.9 Å². The van der Waals surface area contributed by atoms with Crippen molar-refractivity contribution in [3.63, 3.8) is 0 Å². The molecule has 4 rings (SSSR count). The molecular formula is C20H25FN8. The quantitative estimate of drug-likeness (QED) is 0.227. The molecule has 1 fully saturated rings. The van der Waals surface area contributed by atoms with Gasteiger partial charge in [-0.05, 0) is 50.9 Å². The number of aromatic nitrogens is 3. The van der Waals surface area contributed by atoms with Gasteiger partial charge in [0.2, 0.25) is 0 Å². The molecule has 8 nitrogen and oxygen atoms in total. The molecule has 0 radical (unpaired) electrons. The van der Waals surface area contributed by atoms with E-state index in [1.54, 1.807) is 18.3 Å². The molecule has 0 saturated heterocycles. The minimum atomic E-state index is -0.299. The number of nitrogens with one attached hydrogen (secondary N) is 2. The number of hydrazone groups is 1. The van der Waals surface area contributed by atoms with E-state index in [1.165, 1.54) is 6.07 Å². The van der Waals surface area contributed by atoms with Crippen LogP contribution in [0.25, 0.3) is 22.4 Å². The van der Waals surface area contributed by atoms with E-state index in [4.69, 9.17) is 16.6 Å². The fourth-order valence-corrected chi connectivity index (χ4v) is 4.13. The van der Waals surface area contributed by atoms with Crippen LogP contribution in [0.2, 0.25) is 0 Å². The minimum Gasteiger partial charge on any atom is -0.380 e. The Morgan fingerprint density at radius 1 is 1.31 bits per heavy atom. The lowest BCUT2D eigenvalue weighted by Gasteiger charge is -2.31. The number of nitrogens with zero attached hydrogens (tertiary/aromatic N) is 4. The van der Waals surface area contributed by atoms with Gasteiger partial charge in [-0.2, -0.15) is 0 Å². The number of hydrogen-bond acceptors (Lipinski definition) is 6. The zero-order valence-corrected chi connectivity index (χ0v) is 16.3. The summed E-state index contributed by atoms with van der Waals surface area (Å²) in [5.74, 6) is 5.72. The average molecular weight is 396 g/mol. The molecule has 152 valence electrons. The van der Waals surface area contributed by atoms with Gasteiger partial charge in [0, 0.05) is 12.1 Å². The zero-order valence-electron chi connectivity index (χ0n) is 16.3. The summed E-state index contributed by atoms with van der Waals surface area (Å²) in [6.07, 6.45) is 5.79. The summed E-state index contributed by atoms with van der Waals surface area (Å²) in [6, 6.07) is 9.15. The maximum absolute atomic E-state index is 14.7. The Morgan fingerprint density at radius 2 is 2.14 bits per heavy atom. The number of amidine groups is 1. The second kappa shape index (κ2) is 8.14. The van der Waals surface area contributed by atoms with Gasteiger partial charge >= 0.3 is 0 Å². The third-order valence-electron chi connectivity index (χ3n) is 5.56. The van der Waals surface area contributed by atoms with Crippen LogP contribution in [0.5, 0.6) is 0 Å². The van der Waals surface area contributed by atoms with Crippen molar-refractivity contribution in [2.24, 2.45) is 16.7 Å². The Morgan fingerprint density at radius 3 is 2.90 bits per heavy atom. The molecule has 2 unspecified atom stereocenters. The van der Waals surface area contributed by atoms with Crippen molar-refractivity contribution in [3.8, 4) is 11.4 Å². The van der Waals surface area contributed by atoms with Gasteiger partial charge in [0.25, 0.3) is 0 Å². The lowest BCUT2D eigenvalue weighted by atomic mass is 9.90. The first-order valence-corrected chi connectivity index (χ1v) is 9.71. The van der Waals surface area contributed by atoms with E-state index in [9.17, 15) is 4.39 Å². The van der Waals surface area contributed by atoms with Crippen LogP contribution < -0.4 is 22.4 Å². The van der Waals surface area contributed by atoms with Gasteiger partial charge in [0.05, 0.1) is 17.3 Å². The van der Waals surface area contributed by atoms with Crippen LogP contribution in [0, 0.1) is 5.82 Å². The number of hydrogen-bond donors (Lipinski definition) is 4. The van der Waals surface area contributed by atoms with Crippen molar-refractivity contribution in [3.05, 3.63) is 48.0 Å². The molecular weight excluding hydrogens is 371 g/mol. The van der Waals surface area contributed by atoms with E-state index in [2.05, 4.69) is 25.5 Å². The van der Waals surface area contributed by atoms with Crippen LogP contribution in [0.1, 0.15) is 37.4 Å². The highest BCUT2D eigenvalue weighted by Crippen LogP contribution is 2.36. The molecule has 0 aliphatic heterocycles. The summed E-state index contributed by atoms with van der Waals surface area (Å²) in [7, 11) is 1.98. The number of halogens is 1. The van der Waals surface area contributed by atoms with Gasteiger partial charge < -0.3 is 15.6 Å². The fraction of sp³-hybridized carbons (Fsp3) is 0.350. The number of fused-ring (bicyclic) bond motifs is 1. The highest BCUT2D eigenvalue weighted by Gasteiger charge is 2.27. The SMILES string of the molecule is CNC1CCCC(n2c(-c3ccccc3F)nc3cnc(/C(N)=N/NN)cc32)C1. The van der Waals surface area contributed by atoms with Crippen LogP contribution in [0.3, 0.4) is 0 Å². The number of benzene rings is 1. The maximum atomic E-state index is 14.7. The second-order valence-corrected chi connectivity index (χ2v) is 7.28. The summed E-state index contributed by atoms with van der Waals surface area (Å²) in [6.45, 7) is 0. The first kappa shape index (κ1) is 19.3. The van der Waals surface area contributed by atoms with Gasteiger partial charge in [-0.15, -0.1) is 5.10 Å². The number of pyridine rings is 1. The summed E-state index contributed by atoms with van der Waals surface area (Å²) < 4.78 is 16.8. The lowest BCUT2D eigenvalue weighted by Crippen LogP contribution is -2.32. The molecule has 2 aromatic heterocycles. The molecule has 1 saturated carbocycles. The Balaban J connectivity index is 1.92. The largest absolute Gasteiger partial charge is 0.380 e. The molecule has 29 heavy (non-hydrogen) atoms. The van der Waals surface area contributed by atoms with E-state index in [1.807, 2.05) is 19.2 Å². The monoisotopic (exact) mass is 396 g/mol. The standard InChI is InChI=1S/C20H25FN8/c1-24-12-5-4-6-13(9-12)29-18-10-16(19(22)27-28-23)25-11-17(18)26-20(29)14-7-2-3-8-15(14)21/h2-3,7-8,10-13,24,28H,4-6,9,23H2,1H3,(H2,22,27). The zero-order chi connectivity index (χ0) is 20.4. The predicted octanol–water partition coefficient (Wildman–Crippen LogP) is 2.02. The number of nitrogens with two attached hydrogens (primary N) is 2. The Bertz CT molecular complexity index is 1040. The van der Waals surface area contributed by atoms with Crippen LogP contribution in [0.4, 0.5) is 4.39 Å². The van der Waals surface area contributed by atoms with Gasteiger partial charge in [-0.1, -0.05) is 12.1 Å². The van der Waals surface area contributed by atoms with Crippen molar-refractivity contribution < 1.29 is 4.39 Å². The molecule has 6 N–H and O–H groups in total. The van der Waals surface area contributed by atoms with Gasteiger partial charge in [-0.3, -0.25) is 4.98 Å². The summed E-state index contributed by atoms with van der Waals surface area (Å²) >= 11 is 0. The Kier molecular flexibility index (Phi) is 5.41. The number of rotatable bonds is 5. The van der Waals surface area contributed by atoms with E-state index in [0.717, 1.165) is 31.2 Å². The fourth-order valence-electron chi connectivity index (χ4n) is 4.13. The Hall–Kier alpha value is -3.04. The normalized spacial score (nSPS) is 20.2. The van der Waals surface area contributed by atoms with Crippen LogP contribution in [-0.4, -0.2) is 33.5 Å². The third-order valence-corrected chi connectivity index (χ3v) is 5.56. The minimum absolute atomic E-state index is 0.173. The molecule has 0 amide bonds. The van der Waals surface area contributed by atoms with E-state index in [-0.39, 0.29) is 17.7 Å². The first-order chi connectivity index (χ1) is 14.1. The van der Waals surface area contributed by atoms with E-state index < -0.39 is 0 Å². The predicted molar refractivity (Wildman–Crippen MR) is 111 cm³/mol. The second-order valence-electron chi connectivity index (χ2n) is 7.28. The molecule has 2 atom stereocenters. The summed E-state index contributed by atoms with van der Waals surface area (Å²) in [4.78, 5) is 9.07. The highest BCUT2D eigenvalue weighted by molar-refractivity contribution is 5.98. The van der Waals surface area contributed by atoms with Crippen LogP contribution in [0.15, 0.2) is 41.6 Å². The number of imidazole rings is 1. The highest BCUT2D eigenvalue weighted by atomic mass is 19.1. The first-order valence-electron chi connectivity index (χ1n) is 9.71.